The van der Waals surface area contributed by atoms with Gasteiger partial charge in [-0.1, -0.05) is 11.6 Å². The van der Waals surface area contributed by atoms with Gasteiger partial charge in [-0.05, 0) is 48.2 Å². The van der Waals surface area contributed by atoms with Gasteiger partial charge in [0.1, 0.15) is 46.9 Å². The fourth-order valence-electron chi connectivity index (χ4n) is 7.76. The number of alkyl halides is 4. The highest BCUT2D eigenvalue weighted by Crippen LogP contribution is 2.68. The van der Waals surface area contributed by atoms with Crippen LogP contribution >= 0.6 is 11.6 Å². The number of anilines is 2. The fourth-order valence-corrected chi connectivity index (χ4v) is 8.50. The molecule has 0 radical (unpaired) electrons. The maximum atomic E-state index is 15.5. The third-order valence-electron chi connectivity index (χ3n) is 9.98. The number of hydrogen-bond donors (Lipinski definition) is 3. The summed E-state index contributed by atoms with van der Waals surface area (Å²) in [6.45, 7) is -1.06. The molecule has 1 aliphatic heterocycles. The van der Waals surface area contributed by atoms with Crippen molar-refractivity contribution in [3.63, 3.8) is 0 Å². The molecule has 0 spiro atoms. The van der Waals surface area contributed by atoms with Gasteiger partial charge in [0.15, 0.2) is 17.9 Å². The number of halogens is 9. The summed E-state index contributed by atoms with van der Waals surface area (Å²) in [7, 11) is -2.57. The molecular weight excluding hydrogens is 816 g/mol. The number of nitrogens with zero attached hydrogens (tertiary/aromatic N) is 6. The van der Waals surface area contributed by atoms with Crippen molar-refractivity contribution < 1.29 is 53.4 Å². The number of hydrogen-bond acceptors (Lipinski definition) is 8. The minimum absolute atomic E-state index is 0.00929. The lowest BCUT2D eigenvalue weighted by atomic mass is 9.99. The van der Waals surface area contributed by atoms with E-state index in [0.717, 1.165) is 34.0 Å². The number of amides is 1. The van der Waals surface area contributed by atoms with Gasteiger partial charge in [0, 0.05) is 42.6 Å². The van der Waals surface area contributed by atoms with Crippen molar-refractivity contribution >= 4 is 61.5 Å². The highest BCUT2D eigenvalue weighted by Gasteiger charge is 2.67. The molecule has 0 saturated heterocycles. The van der Waals surface area contributed by atoms with Crippen molar-refractivity contribution in [2.45, 2.75) is 49.9 Å². The molecule has 3 N–H and O–H groups in total. The zero-order valence-corrected chi connectivity index (χ0v) is 30.8. The first-order valence-corrected chi connectivity index (χ1v) is 19.2. The number of benzene rings is 3. The highest BCUT2D eigenvalue weighted by molar-refractivity contribution is 7.92. The lowest BCUT2D eigenvalue weighted by Gasteiger charge is -2.39. The fraction of sp³-hybridized carbons (Fsp3) is 0.314. The number of nitrogens with one attached hydrogen (secondary N) is 2. The molecule has 3 heterocycles. The van der Waals surface area contributed by atoms with Gasteiger partial charge in [-0.2, -0.15) is 19.0 Å². The number of aliphatic hydroxyl groups excluding tert-OH is 1. The Balaban J connectivity index is 1.29. The SMILES string of the molecule is Cn1nc(NS(C)(=O)=O)c2c(Cl)ccc(N3C(C(Cc4cc(F)cc(F)c4)NC(=O)Cn4nc(C(F)F)c5c4C(F)(F)[C@@H]4C[C@H]54)=Nc4c(F)cc(F)cc4C3O)c21. The number of carbonyl (C=O) groups is 1. The Morgan fingerprint density at radius 3 is 2.40 bits per heavy atom. The number of rotatable bonds is 10. The second kappa shape index (κ2) is 13.4. The van der Waals surface area contributed by atoms with Crippen molar-refractivity contribution in [3.8, 4) is 0 Å². The molecule has 3 aromatic carbocycles. The Bertz CT molecular complexity index is 2650. The van der Waals surface area contributed by atoms with Crippen LogP contribution in [0.15, 0.2) is 47.5 Å². The summed E-state index contributed by atoms with van der Waals surface area (Å²) < 4.78 is 146. The molecule has 3 aliphatic rings. The summed E-state index contributed by atoms with van der Waals surface area (Å²) in [5.41, 5.74) is -3.33. The van der Waals surface area contributed by atoms with Crippen LogP contribution in [0.3, 0.4) is 0 Å². The highest BCUT2D eigenvalue weighted by atomic mass is 35.5. The van der Waals surface area contributed by atoms with E-state index in [1.165, 1.54) is 19.2 Å². The van der Waals surface area contributed by atoms with Crippen molar-refractivity contribution in [1.29, 1.82) is 0 Å². The molecular formula is C35H27ClF8N8O4S. The third kappa shape index (κ3) is 6.63. The number of carbonyl (C=O) groups excluding carboxylic acids is 1. The van der Waals surface area contributed by atoms with Crippen molar-refractivity contribution in [1.82, 2.24) is 24.9 Å². The number of aromatic nitrogens is 4. The van der Waals surface area contributed by atoms with E-state index in [0.29, 0.717) is 16.8 Å². The zero-order chi connectivity index (χ0) is 41.0. The summed E-state index contributed by atoms with van der Waals surface area (Å²) in [6.07, 6.45) is -5.06. The van der Waals surface area contributed by atoms with Crippen LogP contribution < -0.4 is 14.9 Å². The van der Waals surface area contributed by atoms with E-state index in [9.17, 15) is 40.3 Å². The maximum Gasteiger partial charge on any atom is 0.293 e. The number of fused-ring (bicyclic) bond motifs is 5. The third-order valence-corrected chi connectivity index (χ3v) is 10.9. The summed E-state index contributed by atoms with van der Waals surface area (Å²) in [4.78, 5) is 19.2. The normalized spacial score (nSPS) is 20.0. The van der Waals surface area contributed by atoms with E-state index in [1.807, 2.05) is 0 Å². The van der Waals surface area contributed by atoms with Crippen LogP contribution in [0, 0.1) is 29.2 Å². The monoisotopic (exact) mass is 842 g/mol. The lowest BCUT2D eigenvalue weighted by Crippen LogP contribution is -2.53. The van der Waals surface area contributed by atoms with Gasteiger partial charge >= 0.3 is 0 Å². The smallest absolute Gasteiger partial charge is 0.293 e. The quantitative estimate of drug-likeness (QED) is 0.137. The molecule has 1 amide bonds. The Morgan fingerprint density at radius 2 is 1.74 bits per heavy atom. The first-order chi connectivity index (χ1) is 26.7. The second-order valence-electron chi connectivity index (χ2n) is 14.0. The number of aliphatic hydroxyl groups is 1. The predicted octanol–water partition coefficient (Wildman–Crippen LogP) is 6.47. The van der Waals surface area contributed by atoms with Crippen LogP contribution in [-0.4, -0.2) is 57.1 Å². The zero-order valence-electron chi connectivity index (χ0n) is 29.2. The summed E-state index contributed by atoms with van der Waals surface area (Å²) >= 11 is 6.51. The van der Waals surface area contributed by atoms with Crippen LogP contribution in [0.1, 0.15) is 53.1 Å². The van der Waals surface area contributed by atoms with Crippen molar-refractivity contribution in [2.75, 3.05) is 15.9 Å². The van der Waals surface area contributed by atoms with Gasteiger partial charge in [0.25, 0.3) is 12.3 Å². The van der Waals surface area contributed by atoms with Crippen molar-refractivity contribution in [2.24, 2.45) is 18.0 Å². The molecule has 2 unspecified atom stereocenters. The van der Waals surface area contributed by atoms with Gasteiger partial charge in [-0.25, -0.2) is 39.8 Å². The molecule has 300 valence electrons. The Hall–Kier alpha value is -5.28. The lowest BCUT2D eigenvalue weighted by molar-refractivity contribution is -0.122. The van der Waals surface area contributed by atoms with E-state index in [1.54, 1.807) is 0 Å². The second-order valence-corrected chi connectivity index (χ2v) is 16.1. The van der Waals surface area contributed by atoms with E-state index in [4.69, 9.17) is 11.6 Å². The van der Waals surface area contributed by atoms with E-state index >= 15 is 13.2 Å². The van der Waals surface area contributed by atoms with Gasteiger partial charge < -0.3 is 10.4 Å². The van der Waals surface area contributed by atoms with Gasteiger partial charge in [0.2, 0.25) is 15.9 Å². The molecule has 22 heteroatoms. The number of amidine groups is 1. The maximum absolute atomic E-state index is 15.5. The molecule has 1 saturated carbocycles. The molecule has 4 atom stereocenters. The van der Waals surface area contributed by atoms with Crippen LogP contribution in [0.5, 0.6) is 0 Å². The van der Waals surface area contributed by atoms with Crippen molar-refractivity contribution in [3.05, 3.63) is 98.8 Å². The van der Waals surface area contributed by atoms with Crippen LogP contribution in [0.2, 0.25) is 5.02 Å². The topological polar surface area (TPSA) is 147 Å². The first-order valence-electron chi connectivity index (χ1n) is 16.9. The number of aliphatic imine (C=N–C) groups is 1. The van der Waals surface area contributed by atoms with Crippen LogP contribution in [0.25, 0.3) is 10.9 Å². The van der Waals surface area contributed by atoms with Crippen LogP contribution in [0.4, 0.5) is 52.3 Å². The molecule has 2 aromatic heterocycles. The molecule has 57 heavy (non-hydrogen) atoms. The minimum Gasteiger partial charge on any atom is -0.369 e. The molecule has 5 aromatic rings. The largest absolute Gasteiger partial charge is 0.369 e. The molecule has 2 aliphatic carbocycles. The molecule has 0 bridgehead atoms. The standard InChI is InChI=1S/C35H27ClF8N8O4S/c1-50-29-23(4-3-20(36)26(29)32(48-50)49-57(2,55)56)52-33(46-27-18(34(52)54)9-16(39)10-21(27)40)22(7-13-5-14(37)8-15(38)6-13)45-24(53)12-51-30-25(28(47-51)31(41)42)17-11-19(17)35(30,43)44/h3-6,8-10,17,19,22,31,34,54H,7,11-12H2,1-2H3,(H,45,53)(H,48,49)/t17-,19+,22?,34?/m0/s1. The first kappa shape index (κ1) is 38.6. The Kier molecular flexibility index (Phi) is 9.07. The molecule has 1 fully saturated rings. The average molecular weight is 843 g/mol. The van der Waals surface area contributed by atoms with Gasteiger partial charge in [-0.3, -0.25) is 23.8 Å². The van der Waals surface area contributed by atoms with Gasteiger partial charge in [-0.15, -0.1) is 0 Å². The summed E-state index contributed by atoms with van der Waals surface area (Å²) in [5, 5.41) is 22.3. The number of sulfonamides is 1. The average Bonchev–Trinajstić information content (AvgIpc) is 3.63. The number of aryl methyl sites for hydroxylation is 1. The van der Waals surface area contributed by atoms with E-state index < -0.39 is 117 Å². The predicted molar refractivity (Wildman–Crippen MR) is 189 cm³/mol. The summed E-state index contributed by atoms with van der Waals surface area (Å²) in [6, 6.07) is 4.51. The van der Waals surface area contributed by atoms with E-state index in [2.05, 4.69) is 25.2 Å². The van der Waals surface area contributed by atoms with Gasteiger partial charge in [0.05, 0.1) is 33.9 Å². The van der Waals surface area contributed by atoms with Crippen LogP contribution in [-0.2, 0) is 40.8 Å². The van der Waals surface area contributed by atoms with E-state index in [-0.39, 0.29) is 45.0 Å². The molecule has 12 nitrogen and oxygen atoms in total. The molecule has 8 rings (SSSR count). The Morgan fingerprint density at radius 1 is 1.05 bits per heavy atom. The Labute approximate surface area is 321 Å². The minimum atomic E-state index is -3.95. The summed E-state index contributed by atoms with van der Waals surface area (Å²) in [5.74, 6) is -12.0.